The number of benzene rings is 1. The van der Waals surface area contributed by atoms with Crippen LogP contribution in [0.3, 0.4) is 0 Å². The Bertz CT molecular complexity index is 651. The van der Waals surface area contributed by atoms with Gasteiger partial charge < -0.3 is 5.32 Å². The molecule has 6 heteroatoms. The molecule has 0 bridgehead atoms. The van der Waals surface area contributed by atoms with Crippen molar-refractivity contribution in [3.05, 3.63) is 54.2 Å². The maximum Gasteiger partial charge on any atom is 0.151 e. The van der Waals surface area contributed by atoms with Gasteiger partial charge in [0.2, 0.25) is 0 Å². The molecule has 0 saturated heterocycles. The fraction of sp³-hybridized carbons (Fsp3) is 0.353. The zero-order chi connectivity index (χ0) is 16.3. The molecule has 0 aliphatic carbocycles. The van der Waals surface area contributed by atoms with Gasteiger partial charge in [-0.15, -0.1) is 10.8 Å². The fourth-order valence-corrected chi connectivity index (χ4v) is 5.07. The van der Waals surface area contributed by atoms with E-state index in [0.717, 1.165) is 30.6 Å². The molecule has 0 saturated carbocycles. The Balaban J connectivity index is 2.00. The minimum absolute atomic E-state index is 0.187. The smallest absolute Gasteiger partial charge is 0.151 e. The highest BCUT2D eigenvalue weighted by Crippen LogP contribution is 2.60. The van der Waals surface area contributed by atoms with Crippen LogP contribution in [0.15, 0.2) is 48.7 Å². The molecule has 1 aliphatic heterocycles. The molecule has 0 unspecified atom stereocenters. The Labute approximate surface area is 138 Å². The maximum absolute atomic E-state index is 11.0. The second-order valence-corrected chi connectivity index (χ2v) is 7.90. The van der Waals surface area contributed by atoms with Gasteiger partial charge in [-0.05, 0) is 56.6 Å². The Morgan fingerprint density at radius 2 is 2.00 bits per heavy atom. The van der Waals surface area contributed by atoms with E-state index in [1.807, 2.05) is 43.4 Å². The van der Waals surface area contributed by atoms with E-state index in [1.54, 1.807) is 10.5 Å². The highest BCUT2D eigenvalue weighted by atomic mass is 32.3. The fourth-order valence-electron chi connectivity index (χ4n) is 3.03. The highest BCUT2D eigenvalue weighted by Gasteiger charge is 2.39. The average Bonchev–Trinajstić information content (AvgIpc) is 2.56. The van der Waals surface area contributed by atoms with Gasteiger partial charge in [-0.2, -0.15) is 0 Å². The third-order valence-electron chi connectivity index (χ3n) is 4.18. The predicted octanol–water partition coefficient (Wildman–Crippen LogP) is 3.81. The van der Waals surface area contributed by atoms with Gasteiger partial charge >= 0.3 is 0 Å². The molecule has 3 N–H and O–H groups in total. The Kier molecular flexibility index (Phi) is 4.87. The number of nitrogens with one attached hydrogen (secondary N) is 1. The molecule has 1 aliphatic rings. The third kappa shape index (κ3) is 3.21. The molecule has 0 fully saturated rings. The molecule has 0 amide bonds. The van der Waals surface area contributed by atoms with Gasteiger partial charge in [-0.3, -0.25) is 9.11 Å². The lowest BCUT2D eigenvalue weighted by Gasteiger charge is -2.52. The van der Waals surface area contributed by atoms with Gasteiger partial charge in [0, 0.05) is 6.20 Å². The van der Waals surface area contributed by atoms with E-state index < -0.39 is 10.8 Å². The van der Waals surface area contributed by atoms with Crippen molar-refractivity contribution in [1.82, 2.24) is 10.3 Å². The molecular weight excluding hydrogens is 310 g/mol. The van der Waals surface area contributed by atoms with E-state index in [2.05, 4.69) is 16.4 Å². The zero-order valence-corrected chi connectivity index (χ0v) is 14.0. The SMILES string of the molecule is CNCCC[C@@H]1Cc2ccccc2N(c2ccccn2)S1(O)O. The summed E-state index contributed by atoms with van der Waals surface area (Å²) in [6, 6.07) is 13.4. The molecule has 124 valence electrons. The first-order valence-corrected chi connectivity index (χ1v) is 9.42. The Morgan fingerprint density at radius 3 is 2.74 bits per heavy atom. The van der Waals surface area contributed by atoms with Crippen LogP contribution in [0.1, 0.15) is 18.4 Å². The molecule has 1 aromatic heterocycles. The summed E-state index contributed by atoms with van der Waals surface area (Å²) in [7, 11) is -1.06. The van der Waals surface area contributed by atoms with Crippen molar-refractivity contribution in [3.63, 3.8) is 0 Å². The quantitative estimate of drug-likeness (QED) is 0.726. The van der Waals surface area contributed by atoms with Crippen LogP contribution in [0.2, 0.25) is 0 Å². The van der Waals surface area contributed by atoms with Gasteiger partial charge in [0.25, 0.3) is 0 Å². The van der Waals surface area contributed by atoms with E-state index in [4.69, 9.17) is 0 Å². The summed E-state index contributed by atoms with van der Waals surface area (Å²) in [5.74, 6) is 0.582. The van der Waals surface area contributed by atoms with Crippen molar-refractivity contribution < 1.29 is 9.11 Å². The van der Waals surface area contributed by atoms with Crippen LogP contribution >= 0.6 is 10.8 Å². The van der Waals surface area contributed by atoms with Gasteiger partial charge in [0.05, 0.1) is 10.9 Å². The van der Waals surface area contributed by atoms with Crippen molar-refractivity contribution in [2.75, 3.05) is 17.9 Å². The number of para-hydroxylation sites is 1. The number of anilines is 2. The second kappa shape index (κ2) is 6.88. The van der Waals surface area contributed by atoms with Gasteiger partial charge in [0.1, 0.15) is 0 Å². The first-order chi connectivity index (χ1) is 11.1. The molecule has 0 spiro atoms. The van der Waals surface area contributed by atoms with E-state index in [-0.39, 0.29) is 5.25 Å². The Hall–Kier alpha value is -1.60. The highest BCUT2D eigenvalue weighted by molar-refractivity contribution is 8.26. The van der Waals surface area contributed by atoms with Crippen LogP contribution < -0.4 is 9.62 Å². The van der Waals surface area contributed by atoms with Crippen LogP contribution in [0, 0.1) is 0 Å². The number of hydrogen-bond acceptors (Lipinski definition) is 5. The summed E-state index contributed by atoms with van der Waals surface area (Å²) < 4.78 is 23.6. The van der Waals surface area contributed by atoms with Crippen molar-refractivity contribution in [3.8, 4) is 0 Å². The molecule has 5 nitrogen and oxygen atoms in total. The van der Waals surface area contributed by atoms with Crippen LogP contribution in [-0.4, -0.2) is 32.9 Å². The molecule has 1 atom stereocenters. The molecular formula is C17H23N3O2S. The number of aromatic nitrogens is 1. The molecule has 3 rings (SSSR count). The van der Waals surface area contributed by atoms with Crippen molar-refractivity contribution in [2.24, 2.45) is 0 Å². The van der Waals surface area contributed by atoms with Crippen LogP contribution in [0.25, 0.3) is 0 Å². The molecule has 23 heavy (non-hydrogen) atoms. The summed E-state index contributed by atoms with van der Waals surface area (Å²) in [5.41, 5.74) is 1.98. The van der Waals surface area contributed by atoms with Gasteiger partial charge in [0.15, 0.2) is 5.82 Å². The standard InChI is InChI=1S/C17H23N3O2S/c1-18-11-6-8-15-13-14-7-2-3-9-16(14)20(23(15,21)22)17-10-4-5-12-19-17/h2-5,7,9-10,12,15,18,21-22H,6,8,11,13H2,1H3/t15-/m1/s1. The number of nitrogens with zero attached hydrogens (tertiary/aromatic N) is 2. The lowest BCUT2D eigenvalue weighted by Crippen LogP contribution is -2.38. The topological polar surface area (TPSA) is 68.6 Å². The third-order valence-corrected chi connectivity index (χ3v) is 6.40. The van der Waals surface area contributed by atoms with Crippen LogP contribution in [-0.2, 0) is 6.42 Å². The van der Waals surface area contributed by atoms with E-state index >= 15 is 0 Å². The normalized spacial score (nSPS) is 20.8. The van der Waals surface area contributed by atoms with Crippen LogP contribution in [0.5, 0.6) is 0 Å². The van der Waals surface area contributed by atoms with Crippen molar-refractivity contribution in [1.29, 1.82) is 0 Å². The monoisotopic (exact) mass is 333 g/mol. The van der Waals surface area contributed by atoms with E-state index in [1.165, 1.54) is 0 Å². The minimum Gasteiger partial charge on any atom is -0.320 e. The number of fused-ring (bicyclic) bond motifs is 1. The molecule has 0 radical (unpaired) electrons. The zero-order valence-electron chi connectivity index (χ0n) is 13.2. The van der Waals surface area contributed by atoms with Crippen LogP contribution in [0.4, 0.5) is 11.5 Å². The maximum atomic E-state index is 11.0. The molecule has 2 heterocycles. The first-order valence-electron chi connectivity index (χ1n) is 7.85. The lowest BCUT2D eigenvalue weighted by molar-refractivity contribution is 0.454. The lowest BCUT2D eigenvalue weighted by atomic mass is 10.0. The van der Waals surface area contributed by atoms with E-state index in [0.29, 0.717) is 12.2 Å². The summed E-state index contributed by atoms with van der Waals surface area (Å²) in [5, 5.41) is 2.93. The molecule has 2 aromatic rings. The summed E-state index contributed by atoms with van der Waals surface area (Å²) in [6.45, 7) is 0.872. The summed E-state index contributed by atoms with van der Waals surface area (Å²) in [6.07, 6.45) is 4.04. The number of hydrogen-bond donors (Lipinski definition) is 3. The van der Waals surface area contributed by atoms with Gasteiger partial charge in [-0.25, -0.2) is 9.29 Å². The summed E-state index contributed by atoms with van der Waals surface area (Å²) in [4.78, 5) is 4.34. The predicted molar refractivity (Wildman–Crippen MR) is 96.3 cm³/mol. The first kappa shape index (κ1) is 16.3. The number of rotatable bonds is 5. The van der Waals surface area contributed by atoms with Gasteiger partial charge in [-0.1, -0.05) is 24.3 Å². The van der Waals surface area contributed by atoms with Crippen molar-refractivity contribution >= 4 is 22.3 Å². The Morgan fingerprint density at radius 1 is 1.22 bits per heavy atom. The molecule has 1 aromatic carbocycles. The summed E-state index contributed by atoms with van der Waals surface area (Å²) >= 11 is 0. The van der Waals surface area contributed by atoms with Crippen molar-refractivity contribution in [2.45, 2.75) is 24.5 Å². The minimum atomic E-state index is -2.97. The van der Waals surface area contributed by atoms with E-state index in [9.17, 15) is 9.11 Å². The largest absolute Gasteiger partial charge is 0.320 e. The number of pyridine rings is 1. The second-order valence-electron chi connectivity index (χ2n) is 5.74. The average molecular weight is 333 g/mol.